The Bertz CT molecular complexity index is 2020. The molecule has 2 N–H and O–H groups in total. The number of hydrogen-bond acceptors (Lipinski definition) is 8. The van der Waals surface area contributed by atoms with Crippen molar-refractivity contribution in [1.29, 1.82) is 0 Å². The molecule has 2 aromatic heterocycles. The van der Waals surface area contributed by atoms with Crippen molar-refractivity contribution < 1.29 is 32.4 Å². The van der Waals surface area contributed by atoms with E-state index < -0.39 is 35.2 Å². The molecule has 7 rings (SSSR count). The molecule has 10 nitrogen and oxygen atoms in total. The summed E-state index contributed by atoms with van der Waals surface area (Å²) < 4.78 is 46.5. The zero-order chi connectivity index (χ0) is 33.6. The first-order valence-electron chi connectivity index (χ1n) is 15.1. The molecule has 0 bridgehead atoms. The van der Waals surface area contributed by atoms with Crippen molar-refractivity contribution in [1.82, 2.24) is 25.8 Å². The van der Waals surface area contributed by atoms with Gasteiger partial charge in [0.15, 0.2) is 5.54 Å². The number of halogens is 3. The van der Waals surface area contributed by atoms with Gasteiger partial charge in [-0.25, -0.2) is 13.6 Å². The highest BCUT2D eigenvalue weighted by atomic mass is 35.5. The molecule has 2 amide bonds. The second-order valence-corrected chi connectivity index (χ2v) is 12.2. The van der Waals surface area contributed by atoms with E-state index in [-0.39, 0.29) is 64.9 Å². The average molecular weight is 672 g/mol. The summed E-state index contributed by atoms with van der Waals surface area (Å²) in [5.41, 5.74) is 3.18. The summed E-state index contributed by atoms with van der Waals surface area (Å²) in [4.78, 5) is 34.8. The van der Waals surface area contributed by atoms with Crippen molar-refractivity contribution in [3.8, 4) is 33.6 Å². The van der Waals surface area contributed by atoms with Crippen molar-refractivity contribution in [2.75, 3.05) is 19.8 Å². The van der Waals surface area contributed by atoms with Gasteiger partial charge in [0.05, 0.1) is 30.5 Å². The number of amides is 2. The molecule has 1 atom stereocenters. The molecule has 1 saturated heterocycles. The summed E-state index contributed by atoms with van der Waals surface area (Å²) in [6, 6.07) is 18.7. The zero-order valence-electron chi connectivity index (χ0n) is 25.7. The third-order valence-electron chi connectivity index (χ3n) is 8.56. The second-order valence-electron chi connectivity index (χ2n) is 11.8. The Labute approximate surface area is 278 Å². The average Bonchev–Trinajstić information content (AvgIpc) is 3.61. The summed E-state index contributed by atoms with van der Waals surface area (Å²) >= 11 is 6.12. The van der Waals surface area contributed by atoms with Gasteiger partial charge in [-0.2, -0.15) is 4.98 Å². The number of aromatic nitrogens is 3. The number of carbonyl (C=O) groups is 2. The van der Waals surface area contributed by atoms with Crippen LogP contribution in [0.4, 0.5) is 13.6 Å². The second kappa shape index (κ2) is 12.4. The van der Waals surface area contributed by atoms with Gasteiger partial charge in [0.1, 0.15) is 18.2 Å². The van der Waals surface area contributed by atoms with Crippen LogP contribution in [0.5, 0.6) is 0 Å². The minimum atomic E-state index is -1.41. The molecule has 3 heterocycles. The lowest BCUT2D eigenvalue weighted by molar-refractivity contribution is -0.148. The third-order valence-corrected chi connectivity index (χ3v) is 8.78. The Morgan fingerprint density at radius 2 is 1.71 bits per heavy atom. The number of rotatable bonds is 8. The lowest BCUT2D eigenvalue weighted by Gasteiger charge is -2.40. The molecule has 0 radical (unpaired) electrons. The van der Waals surface area contributed by atoms with Crippen LogP contribution in [0, 0.1) is 18.6 Å². The molecular weight excluding hydrogens is 644 g/mol. The maximum atomic E-state index is 15.5. The van der Waals surface area contributed by atoms with E-state index in [1.54, 1.807) is 13.8 Å². The van der Waals surface area contributed by atoms with Crippen LogP contribution >= 0.6 is 11.6 Å². The first kappa shape index (κ1) is 31.4. The van der Waals surface area contributed by atoms with Crippen LogP contribution in [-0.2, 0) is 14.3 Å². The van der Waals surface area contributed by atoms with E-state index >= 15 is 8.78 Å². The van der Waals surface area contributed by atoms with E-state index in [2.05, 4.69) is 25.8 Å². The number of nitrogens with zero attached hydrogens (tertiary/aromatic N) is 3. The van der Waals surface area contributed by atoms with Gasteiger partial charge in [-0.1, -0.05) is 65.3 Å². The van der Waals surface area contributed by atoms with Gasteiger partial charge in [-0.15, -0.1) is 0 Å². The van der Waals surface area contributed by atoms with Crippen molar-refractivity contribution in [3.63, 3.8) is 0 Å². The molecule has 1 aliphatic carbocycles. The lowest BCUT2D eigenvalue weighted by atomic mass is 9.95. The zero-order valence-corrected chi connectivity index (χ0v) is 26.5. The van der Waals surface area contributed by atoms with E-state index in [9.17, 15) is 9.59 Å². The summed E-state index contributed by atoms with van der Waals surface area (Å²) in [6.45, 7) is 2.99. The molecule has 1 aliphatic heterocycles. The lowest BCUT2D eigenvalue weighted by Crippen LogP contribution is -2.70. The van der Waals surface area contributed by atoms with Crippen molar-refractivity contribution >= 4 is 23.6 Å². The standard InChI is InChI=1S/C35H28ClF2N5O5/c1-18(31-29(38)11-20(14-39-31)26-12-21(36)13-28(37)30(26)32-41-19(2)48-43-32)40-33(44)35(16-46-17-35)42-34(45)47-15-27-24-9-5-3-7-22(24)23-8-4-6-10-25(23)27/h3-14,18,27H,15-17H2,1-2H3,(H,40,44)(H,42,45)/t18-/m1/s1. The number of aryl methyl sites for hydroxylation is 1. The summed E-state index contributed by atoms with van der Waals surface area (Å²) in [5, 5.41) is 9.25. The third kappa shape index (κ3) is 5.67. The van der Waals surface area contributed by atoms with E-state index in [4.69, 9.17) is 25.6 Å². The molecule has 3 aromatic carbocycles. The van der Waals surface area contributed by atoms with Gasteiger partial charge >= 0.3 is 6.09 Å². The molecule has 0 unspecified atom stereocenters. The van der Waals surface area contributed by atoms with Crippen LogP contribution in [0.1, 0.15) is 41.6 Å². The number of fused-ring (bicyclic) bond motifs is 3. The maximum Gasteiger partial charge on any atom is 0.408 e. The van der Waals surface area contributed by atoms with E-state index in [0.29, 0.717) is 0 Å². The van der Waals surface area contributed by atoms with Crippen molar-refractivity contribution in [3.05, 3.63) is 112 Å². The Morgan fingerprint density at radius 1 is 1.02 bits per heavy atom. The van der Waals surface area contributed by atoms with Crippen LogP contribution in [0.3, 0.4) is 0 Å². The molecule has 13 heteroatoms. The predicted octanol–water partition coefficient (Wildman–Crippen LogP) is 6.52. The smallest absolute Gasteiger partial charge is 0.408 e. The SMILES string of the molecule is Cc1nc(-c2c(F)cc(Cl)cc2-c2cnc([C@@H](C)NC(=O)C3(NC(=O)OCC4c5ccccc5-c5ccccc54)COC3)c(F)c2)no1. The fourth-order valence-corrected chi connectivity index (χ4v) is 6.35. The van der Waals surface area contributed by atoms with Crippen molar-refractivity contribution in [2.45, 2.75) is 31.3 Å². The minimum Gasteiger partial charge on any atom is -0.449 e. The topological polar surface area (TPSA) is 128 Å². The quantitative estimate of drug-likeness (QED) is 0.191. The highest BCUT2D eigenvalue weighted by Gasteiger charge is 2.48. The number of ether oxygens (including phenoxy) is 2. The summed E-state index contributed by atoms with van der Waals surface area (Å²) in [6.07, 6.45) is 0.553. The molecule has 1 fully saturated rings. The van der Waals surface area contributed by atoms with E-state index in [1.165, 1.54) is 12.3 Å². The van der Waals surface area contributed by atoms with Gasteiger partial charge in [-0.3, -0.25) is 9.78 Å². The number of nitrogens with one attached hydrogen (secondary N) is 2. The first-order chi connectivity index (χ1) is 23.1. The molecule has 244 valence electrons. The summed E-state index contributed by atoms with van der Waals surface area (Å²) in [5.74, 6) is -2.04. The van der Waals surface area contributed by atoms with Crippen molar-refractivity contribution in [2.24, 2.45) is 0 Å². The van der Waals surface area contributed by atoms with Crippen LogP contribution < -0.4 is 10.6 Å². The molecule has 0 saturated carbocycles. The first-order valence-corrected chi connectivity index (χ1v) is 15.5. The fraction of sp³-hybridized carbons (Fsp3) is 0.229. The number of hydrogen-bond donors (Lipinski definition) is 2. The maximum absolute atomic E-state index is 15.5. The Hall–Kier alpha value is -5.20. The summed E-state index contributed by atoms with van der Waals surface area (Å²) in [7, 11) is 0. The molecular formula is C35H28ClF2N5O5. The largest absolute Gasteiger partial charge is 0.449 e. The Balaban J connectivity index is 1.04. The van der Waals surface area contributed by atoms with Gasteiger partial charge in [0, 0.05) is 29.6 Å². The fourth-order valence-electron chi connectivity index (χ4n) is 6.14. The van der Waals surface area contributed by atoms with Gasteiger partial charge in [-0.05, 0) is 52.9 Å². The van der Waals surface area contributed by atoms with Crippen LogP contribution in [0.15, 0.2) is 77.4 Å². The Morgan fingerprint density at radius 3 is 2.31 bits per heavy atom. The molecule has 5 aromatic rings. The van der Waals surface area contributed by atoms with Crippen LogP contribution in [0.2, 0.25) is 5.02 Å². The van der Waals surface area contributed by atoms with E-state index in [0.717, 1.165) is 34.4 Å². The highest BCUT2D eigenvalue weighted by molar-refractivity contribution is 6.31. The highest BCUT2D eigenvalue weighted by Crippen LogP contribution is 2.44. The van der Waals surface area contributed by atoms with Gasteiger partial charge < -0.3 is 24.6 Å². The monoisotopic (exact) mass is 671 g/mol. The van der Waals surface area contributed by atoms with Crippen LogP contribution in [0.25, 0.3) is 33.6 Å². The van der Waals surface area contributed by atoms with Crippen LogP contribution in [-0.4, -0.2) is 52.5 Å². The van der Waals surface area contributed by atoms with E-state index in [1.807, 2.05) is 48.5 Å². The number of carbonyl (C=O) groups excluding carboxylic acids is 2. The van der Waals surface area contributed by atoms with Gasteiger partial charge in [0.2, 0.25) is 11.7 Å². The predicted molar refractivity (Wildman–Crippen MR) is 171 cm³/mol. The number of alkyl carbamates (subject to hydrolysis) is 1. The normalized spacial score (nSPS) is 15.2. The molecule has 48 heavy (non-hydrogen) atoms. The molecule has 0 spiro atoms. The Kier molecular flexibility index (Phi) is 8.14. The molecule has 2 aliphatic rings. The van der Waals surface area contributed by atoms with Gasteiger partial charge in [0.25, 0.3) is 5.91 Å². The minimum absolute atomic E-state index is 0.0290. The number of benzene rings is 3. The number of pyridine rings is 1.